The van der Waals surface area contributed by atoms with Crippen molar-refractivity contribution in [3.05, 3.63) is 40.9 Å². The molecule has 1 aliphatic rings. The number of carbonyl (C=O) groups is 2. The number of benzene rings is 1. The van der Waals surface area contributed by atoms with E-state index in [1.165, 1.54) is 5.56 Å². The Morgan fingerprint density at radius 1 is 1.08 bits per heavy atom. The molecule has 2 aromatic rings. The number of rotatable bonds is 4. The minimum Gasteiger partial charge on any atom is -0.339 e. The number of hydrogen-bond acceptors (Lipinski definition) is 4. The van der Waals surface area contributed by atoms with Crippen molar-refractivity contribution < 1.29 is 9.59 Å². The fourth-order valence-electron chi connectivity index (χ4n) is 3.03. The summed E-state index contributed by atoms with van der Waals surface area (Å²) >= 11 is 1.57. The predicted molar refractivity (Wildman–Crippen MR) is 104 cm³/mol. The van der Waals surface area contributed by atoms with Gasteiger partial charge in [-0.1, -0.05) is 43.7 Å². The SMILES string of the molecule is Cc1ccc(-c2nc(CC(=O)N3CCN(C(=O)C(C)C)CC3)cs2)cc1. The van der Waals surface area contributed by atoms with Crippen LogP contribution in [0.2, 0.25) is 0 Å². The average molecular weight is 372 g/mol. The Bertz CT molecular complexity index is 775. The zero-order chi connectivity index (χ0) is 18.7. The lowest BCUT2D eigenvalue weighted by molar-refractivity contribution is -0.141. The third-order valence-electron chi connectivity index (χ3n) is 4.62. The molecule has 0 saturated carbocycles. The zero-order valence-corrected chi connectivity index (χ0v) is 16.4. The van der Waals surface area contributed by atoms with Gasteiger partial charge in [0, 0.05) is 43.0 Å². The fraction of sp³-hybridized carbons (Fsp3) is 0.450. The van der Waals surface area contributed by atoms with E-state index in [0.29, 0.717) is 32.6 Å². The standard InChI is InChI=1S/C20H25N3O2S/c1-14(2)20(25)23-10-8-22(9-11-23)18(24)12-17-13-26-19(21-17)16-6-4-15(3)5-7-16/h4-7,13-14H,8-12H2,1-3H3. The summed E-state index contributed by atoms with van der Waals surface area (Å²) in [5.74, 6) is 0.259. The Kier molecular flexibility index (Phi) is 5.71. The molecule has 1 aromatic carbocycles. The Morgan fingerprint density at radius 3 is 2.31 bits per heavy atom. The van der Waals surface area contributed by atoms with Crippen LogP contribution in [0, 0.1) is 12.8 Å². The van der Waals surface area contributed by atoms with E-state index in [9.17, 15) is 9.59 Å². The maximum Gasteiger partial charge on any atom is 0.228 e. The van der Waals surface area contributed by atoms with E-state index in [-0.39, 0.29) is 17.7 Å². The Balaban J connectivity index is 1.56. The van der Waals surface area contributed by atoms with E-state index >= 15 is 0 Å². The second-order valence-electron chi connectivity index (χ2n) is 7.05. The molecule has 2 heterocycles. The first-order valence-electron chi connectivity index (χ1n) is 9.02. The third-order valence-corrected chi connectivity index (χ3v) is 5.56. The highest BCUT2D eigenvalue weighted by molar-refractivity contribution is 7.13. The quantitative estimate of drug-likeness (QED) is 0.830. The number of nitrogens with zero attached hydrogens (tertiary/aromatic N) is 3. The molecular weight excluding hydrogens is 346 g/mol. The van der Waals surface area contributed by atoms with Crippen LogP contribution in [-0.4, -0.2) is 52.8 Å². The Hall–Kier alpha value is -2.21. The van der Waals surface area contributed by atoms with Gasteiger partial charge < -0.3 is 9.80 Å². The smallest absolute Gasteiger partial charge is 0.228 e. The van der Waals surface area contributed by atoms with Crippen molar-refractivity contribution in [3.63, 3.8) is 0 Å². The van der Waals surface area contributed by atoms with Crippen LogP contribution in [0.25, 0.3) is 10.6 Å². The second kappa shape index (κ2) is 7.99. The van der Waals surface area contributed by atoms with Crippen LogP contribution in [0.5, 0.6) is 0 Å². The van der Waals surface area contributed by atoms with Gasteiger partial charge in [-0.15, -0.1) is 11.3 Å². The van der Waals surface area contributed by atoms with Gasteiger partial charge in [-0.25, -0.2) is 4.98 Å². The lowest BCUT2D eigenvalue weighted by Gasteiger charge is -2.35. The molecule has 0 aliphatic carbocycles. The molecule has 0 spiro atoms. The van der Waals surface area contributed by atoms with Crippen molar-refractivity contribution in [2.75, 3.05) is 26.2 Å². The lowest BCUT2D eigenvalue weighted by Crippen LogP contribution is -2.51. The Labute approximate surface area is 158 Å². The second-order valence-corrected chi connectivity index (χ2v) is 7.91. The van der Waals surface area contributed by atoms with Crippen LogP contribution in [0.3, 0.4) is 0 Å². The normalized spacial score (nSPS) is 14.8. The van der Waals surface area contributed by atoms with Gasteiger partial charge in [-0.3, -0.25) is 9.59 Å². The molecular formula is C20H25N3O2S. The maximum atomic E-state index is 12.6. The molecule has 26 heavy (non-hydrogen) atoms. The van der Waals surface area contributed by atoms with Crippen LogP contribution in [0.1, 0.15) is 25.1 Å². The molecule has 0 atom stereocenters. The zero-order valence-electron chi connectivity index (χ0n) is 15.6. The Morgan fingerprint density at radius 2 is 1.69 bits per heavy atom. The highest BCUT2D eigenvalue weighted by Crippen LogP contribution is 2.24. The summed E-state index contributed by atoms with van der Waals surface area (Å²) in [4.78, 5) is 32.9. The molecule has 1 fully saturated rings. The van der Waals surface area contributed by atoms with E-state index in [4.69, 9.17) is 0 Å². The maximum absolute atomic E-state index is 12.6. The minimum absolute atomic E-state index is 0.00690. The first kappa shape index (κ1) is 18.6. The van der Waals surface area contributed by atoms with Crippen molar-refractivity contribution in [1.29, 1.82) is 0 Å². The van der Waals surface area contributed by atoms with Crippen molar-refractivity contribution in [2.45, 2.75) is 27.2 Å². The number of amides is 2. The third kappa shape index (κ3) is 4.30. The number of piperazine rings is 1. The molecule has 1 aromatic heterocycles. The summed E-state index contributed by atoms with van der Waals surface area (Å²) in [5.41, 5.74) is 3.12. The van der Waals surface area contributed by atoms with E-state index in [1.54, 1.807) is 11.3 Å². The highest BCUT2D eigenvalue weighted by Gasteiger charge is 2.25. The fourth-order valence-corrected chi connectivity index (χ4v) is 3.85. The van der Waals surface area contributed by atoms with Gasteiger partial charge >= 0.3 is 0 Å². The predicted octanol–water partition coefficient (Wildman–Crippen LogP) is 2.99. The van der Waals surface area contributed by atoms with Crippen LogP contribution in [0.4, 0.5) is 0 Å². The van der Waals surface area contributed by atoms with Crippen LogP contribution >= 0.6 is 11.3 Å². The van der Waals surface area contributed by atoms with E-state index < -0.39 is 0 Å². The number of thiazole rings is 1. The number of aryl methyl sites for hydroxylation is 1. The molecule has 2 amide bonds. The molecule has 0 radical (unpaired) electrons. The van der Waals surface area contributed by atoms with E-state index in [2.05, 4.69) is 36.2 Å². The molecule has 5 nitrogen and oxygen atoms in total. The van der Waals surface area contributed by atoms with E-state index in [0.717, 1.165) is 16.3 Å². The molecule has 138 valence electrons. The van der Waals surface area contributed by atoms with Gasteiger partial charge in [-0.2, -0.15) is 0 Å². The number of carbonyl (C=O) groups excluding carboxylic acids is 2. The average Bonchev–Trinajstić information content (AvgIpc) is 3.10. The van der Waals surface area contributed by atoms with Crippen molar-refractivity contribution in [1.82, 2.24) is 14.8 Å². The first-order valence-corrected chi connectivity index (χ1v) is 9.90. The minimum atomic E-state index is 0.00690. The monoisotopic (exact) mass is 371 g/mol. The van der Waals surface area contributed by atoms with Crippen molar-refractivity contribution >= 4 is 23.2 Å². The van der Waals surface area contributed by atoms with Gasteiger partial charge in [0.05, 0.1) is 12.1 Å². The summed E-state index contributed by atoms with van der Waals surface area (Å²) in [6.45, 7) is 8.33. The molecule has 3 rings (SSSR count). The molecule has 1 aliphatic heterocycles. The van der Waals surface area contributed by atoms with Gasteiger partial charge in [0.15, 0.2) is 0 Å². The summed E-state index contributed by atoms with van der Waals surface area (Å²) < 4.78 is 0. The molecule has 0 unspecified atom stereocenters. The van der Waals surface area contributed by atoms with E-state index in [1.807, 2.05) is 29.0 Å². The summed E-state index contributed by atoms with van der Waals surface area (Å²) in [6.07, 6.45) is 0.320. The van der Waals surface area contributed by atoms with Gasteiger partial charge in [0.2, 0.25) is 11.8 Å². The summed E-state index contributed by atoms with van der Waals surface area (Å²) in [6, 6.07) is 8.26. The van der Waals surface area contributed by atoms with Crippen molar-refractivity contribution in [3.8, 4) is 10.6 Å². The van der Waals surface area contributed by atoms with Crippen molar-refractivity contribution in [2.24, 2.45) is 5.92 Å². The molecule has 1 saturated heterocycles. The molecule has 6 heteroatoms. The highest BCUT2D eigenvalue weighted by atomic mass is 32.1. The van der Waals surface area contributed by atoms with Gasteiger partial charge in [-0.05, 0) is 6.92 Å². The summed E-state index contributed by atoms with van der Waals surface area (Å²) in [7, 11) is 0. The first-order chi connectivity index (χ1) is 12.4. The lowest BCUT2D eigenvalue weighted by atomic mass is 10.1. The van der Waals surface area contributed by atoms with Crippen LogP contribution in [-0.2, 0) is 16.0 Å². The molecule has 0 N–H and O–H groups in total. The number of aromatic nitrogens is 1. The topological polar surface area (TPSA) is 53.5 Å². The van der Waals surface area contributed by atoms with Gasteiger partial charge in [0.25, 0.3) is 0 Å². The largest absolute Gasteiger partial charge is 0.339 e. The van der Waals surface area contributed by atoms with Crippen LogP contribution < -0.4 is 0 Å². The van der Waals surface area contributed by atoms with Gasteiger partial charge in [0.1, 0.15) is 5.01 Å². The summed E-state index contributed by atoms with van der Waals surface area (Å²) in [5, 5.41) is 2.91. The van der Waals surface area contributed by atoms with Crippen LogP contribution in [0.15, 0.2) is 29.6 Å². The number of hydrogen-bond donors (Lipinski definition) is 0. The molecule has 0 bridgehead atoms.